The van der Waals surface area contributed by atoms with Crippen LogP contribution in [0.5, 0.6) is 0 Å². The topological polar surface area (TPSA) is 20.3 Å². The maximum Gasteiger partial charge on any atom is 0.185 e. The van der Waals surface area contributed by atoms with Crippen LogP contribution in [0.1, 0.15) is 67.8 Å². The number of rotatable bonds is 9. The summed E-state index contributed by atoms with van der Waals surface area (Å²) >= 11 is 0. The van der Waals surface area contributed by atoms with Crippen LogP contribution in [-0.2, 0) is 0 Å². The smallest absolute Gasteiger partial charge is 0.185 e. The molecule has 0 bridgehead atoms. The lowest BCUT2D eigenvalue weighted by molar-refractivity contribution is 0.104. The Morgan fingerprint density at radius 2 is 1.62 bits per heavy atom. The number of hydrogen-bond acceptors (Lipinski definition) is 2. The van der Waals surface area contributed by atoms with E-state index in [1.807, 2.05) is 36.4 Å². The number of allylic oxidation sites excluding steroid dienone is 3. The lowest BCUT2D eigenvalue weighted by Gasteiger charge is -2.28. The van der Waals surface area contributed by atoms with E-state index >= 15 is 0 Å². The van der Waals surface area contributed by atoms with Crippen LogP contribution in [0.2, 0.25) is 0 Å². The maximum absolute atomic E-state index is 12.7. The van der Waals surface area contributed by atoms with Crippen molar-refractivity contribution in [3.8, 4) is 0 Å². The van der Waals surface area contributed by atoms with Crippen molar-refractivity contribution in [1.29, 1.82) is 0 Å². The van der Waals surface area contributed by atoms with E-state index in [9.17, 15) is 4.79 Å². The van der Waals surface area contributed by atoms with Crippen molar-refractivity contribution in [1.82, 2.24) is 0 Å². The second kappa shape index (κ2) is 11.4. The first kappa shape index (κ1) is 21.1. The molecular formula is C27H33NO. The lowest BCUT2D eigenvalue weighted by atomic mass is 10.0. The van der Waals surface area contributed by atoms with E-state index in [1.54, 1.807) is 6.08 Å². The minimum Gasteiger partial charge on any atom is -0.372 e. The van der Waals surface area contributed by atoms with Gasteiger partial charge in [-0.05, 0) is 73.6 Å². The molecule has 1 saturated heterocycles. The zero-order chi connectivity index (χ0) is 20.3. The molecule has 0 amide bonds. The molecule has 0 unspecified atom stereocenters. The van der Waals surface area contributed by atoms with Crippen molar-refractivity contribution >= 4 is 17.5 Å². The fourth-order valence-corrected chi connectivity index (χ4v) is 3.81. The van der Waals surface area contributed by atoms with E-state index in [1.165, 1.54) is 48.9 Å². The van der Waals surface area contributed by atoms with Crippen LogP contribution in [0.3, 0.4) is 0 Å². The summed E-state index contributed by atoms with van der Waals surface area (Å²) in [7, 11) is 0. The number of ketones is 1. The van der Waals surface area contributed by atoms with Gasteiger partial charge in [0, 0.05) is 24.3 Å². The summed E-state index contributed by atoms with van der Waals surface area (Å²) in [6.45, 7) is 4.46. The predicted octanol–water partition coefficient (Wildman–Crippen LogP) is 7.08. The molecule has 0 aromatic heterocycles. The van der Waals surface area contributed by atoms with Crippen molar-refractivity contribution in [2.75, 3.05) is 18.0 Å². The number of hydrogen-bond donors (Lipinski definition) is 0. The van der Waals surface area contributed by atoms with Gasteiger partial charge in [-0.25, -0.2) is 0 Å². The van der Waals surface area contributed by atoms with Gasteiger partial charge in [0.1, 0.15) is 0 Å². The molecule has 152 valence electrons. The molecule has 2 nitrogen and oxygen atoms in total. The van der Waals surface area contributed by atoms with E-state index in [0.29, 0.717) is 0 Å². The Kier molecular flexibility index (Phi) is 8.30. The highest BCUT2D eigenvalue weighted by Gasteiger charge is 2.11. The van der Waals surface area contributed by atoms with Crippen LogP contribution in [0, 0.1) is 0 Å². The summed E-state index contributed by atoms with van der Waals surface area (Å²) in [5, 5.41) is 0. The van der Waals surface area contributed by atoms with Crippen molar-refractivity contribution < 1.29 is 4.79 Å². The quantitative estimate of drug-likeness (QED) is 0.198. The summed E-state index contributed by atoms with van der Waals surface area (Å²) in [6.07, 6.45) is 14.3. The third-order valence-corrected chi connectivity index (χ3v) is 5.54. The van der Waals surface area contributed by atoms with Crippen LogP contribution < -0.4 is 4.90 Å². The van der Waals surface area contributed by atoms with Crippen molar-refractivity contribution in [2.24, 2.45) is 0 Å². The molecule has 0 N–H and O–H groups in total. The second-order valence-corrected chi connectivity index (χ2v) is 7.88. The van der Waals surface area contributed by atoms with Gasteiger partial charge in [0.05, 0.1) is 0 Å². The van der Waals surface area contributed by atoms with Crippen LogP contribution in [0.4, 0.5) is 5.69 Å². The van der Waals surface area contributed by atoms with Crippen LogP contribution in [-0.4, -0.2) is 18.9 Å². The summed E-state index contributed by atoms with van der Waals surface area (Å²) in [5.41, 5.74) is 4.38. The average Bonchev–Trinajstić information content (AvgIpc) is 2.78. The van der Waals surface area contributed by atoms with Gasteiger partial charge in [-0.2, -0.15) is 0 Å². The minimum absolute atomic E-state index is 0.0737. The van der Waals surface area contributed by atoms with Gasteiger partial charge in [-0.1, -0.05) is 62.2 Å². The molecule has 0 atom stereocenters. The Bertz CT molecular complexity index is 811. The number of carbonyl (C=O) groups excluding carboxylic acids is 1. The molecule has 29 heavy (non-hydrogen) atoms. The fraction of sp³-hybridized carbons (Fsp3) is 0.370. The maximum atomic E-state index is 12.7. The van der Waals surface area contributed by atoms with E-state index in [4.69, 9.17) is 0 Å². The minimum atomic E-state index is 0.0737. The third kappa shape index (κ3) is 6.74. The largest absolute Gasteiger partial charge is 0.372 e. The average molecular weight is 388 g/mol. The first-order chi connectivity index (χ1) is 14.3. The summed E-state index contributed by atoms with van der Waals surface area (Å²) in [5.74, 6) is 0.0737. The Morgan fingerprint density at radius 3 is 2.31 bits per heavy atom. The molecule has 0 aliphatic carbocycles. The van der Waals surface area contributed by atoms with Crippen LogP contribution >= 0.6 is 0 Å². The fourth-order valence-electron chi connectivity index (χ4n) is 3.81. The van der Waals surface area contributed by atoms with Crippen LogP contribution in [0.25, 0.3) is 6.08 Å². The number of anilines is 1. The van der Waals surface area contributed by atoms with Gasteiger partial charge in [0.25, 0.3) is 0 Å². The number of nitrogens with zero attached hydrogens (tertiary/aromatic N) is 1. The summed E-state index contributed by atoms with van der Waals surface area (Å²) < 4.78 is 0. The molecule has 0 spiro atoms. The van der Waals surface area contributed by atoms with Gasteiger partial charge < -0.3 is 4.90 Å². The zero-order valence-electron chi connectivity index (χ0n) is 17.6. The monoisotopic (exact) mass is 387 g/mol. The highest BCUT2D eigenvalue weighted by molar-refractivity contribution is 6.05. The molecule has 1 fully saturated rings. The normalized spacial score (nSPS) is 15.1. The first-order valence-electron chi connectivity index (χ1n) is 11.1. The van der Waals surface area contributed by atoms with E-state index in [2.05, 4.69) is 42.2 Å². The van der Waals surface area contributed by atoms with Gasteiger partial charge in [-0.15, -0.1) is 0 Å². The Balaban J connectivity index is 1.67. The lowest BCUT2D eigenvalue weighted by Crippen LogP contribution is -2.29. The van der Waals surface area contributed by atoms with Gasteiger partial charge in [0.2, 0.25) is 0 Å². The summed E-state index contributed by atoms with van der Waals surface area (Å²) in [4.78, 5) is 15.1. The SMILES string of the molecule is CCCCCC(=C/c1ccccc1)/C=C/C(=O)c1ccc(N2CCCCC2)cc1. The zero-order valence-corrected chi connectivity index (χ0v) is 17.6. The number of piperidine rings is 1. The van der Waals surface area contributed by atoms with Crippen molar-refractivity contribution in [3.63, 3.8) is 0 Å². The number of unbranched alkanes of at least 4 members (excludes halogenated alkanes) is 2. The van der Waals surface area contributed by atoms with E-state index in [-0.39, 0.29) is 5.78 Å². The Morgan fingerprint density at radius 1 is 0.897 bits per heavy atom. The molecule has 2 aromatic rings. The molecule has 1 heterocycles. The Hall–Kier alpha value is -2.61. The van der Waals surface area contributed by atoms with Crippen molar-refractivity contribution in [2.45, 2.75) is 51.9 Å². The van der Waals surface area contributed by atoms with E-state index in [0.717, 1.165) is 31.5 Å². The number of carbonyl (C=O) groups is 1. The summed E-state index contributed by atoms with van der Waals surface area (Å²) in [6, 6.07) is 18.5. The molecule has 2 heteroatoms. The van der Waals surface area contributed by atoms with E-state index < -0.39 is 0 Å². The predicted molar refractivity (Wildman–Crippen MR) is 125 cm³/mol. The van der Waals surface area contributed by atoms with Gasteiger partial charge in [-0.3, -0.25) is 4.79 Å². The molecule has 0 radical (unpaired) electrons. The number of benzene rings is 2. The first-order valence-corrected chi connectivity index (χ1v) is 11.1. The highest BCUT2D eigenvalue weighted by Crippen LogP contribution is 2.21. The standard InChI is InChI=1S/C27H33NO/c1-2-3-6-11-24(22-23-12-7-4-8-13-23)14-19-27(29)25-15-17-26(18-16-25)28-20-9-5-10-21-28/h4,7-8,12-19,22H,2-3,5-6,9-11,20-21H2,1H3/b19-14+,24-22-. The van der Waals surface area contributed by atoms with Crippen LogP contribution in [0.15, 0.2) is 72.3 Å². The highest BCUT2D eigenvalue weighted by atomic mass is 16.1. The molecule has 2 aromatic carbocycles. The third-order valence-electron chi connectivity index (χ3n) is 5.54. The van der Waals surface area contributed by atoms with Crippen molar-refractivity contribution in [3.05, 3.63) is 83.4 Å². The molecule has 1 aliphatic heterocycles. The van der Waals surface area contributed by atoms with Gasteiger partial charge in [0.15, 0.2) is 5.78 Å². The molecule has 0 saturated carbocycles. The Labute approximate surface area is 175 Å². The molecule has 1 aliphatic rings. The molecule has 3 rings (SSSR count). The molecular weight excluding hydrogens is 354 g/mol. The second-order valence-electron chi connectivity index (χ2n) is 7.88. The van der Waals surface area contributed by atoms with Gasteiger partial charge >= 0.3 is 0 Å².